The molecule has 0 aromatic heterocycles. The minimum Gasteiger partial charge on any atom is -0.461 e. The molecule has 174 valence electrons. The lowest BCUT2D eigenvalue weighted by Gasteiger charge is -2.39. The van der Waals surface area contributed by atoms with Crippen molar-refractivity contribution in [1.82, 2.24) is 4.90 Å². The largest absolute Gasteiger partial charge is 0.461 e. The van der Waals surface area contributed by atoms with Crippen LogP contribution in [0, 0.1) is 11.8 Å². The van der Waals surface area contributed by atoms with E-state index in [9.17, 15) is 19.5 Å². The number of aliphatic hydroxyl groups excluding tert-OH is 1. The number of rotatable bonds is 3. The molecule has 2 fully saturated rings. The van der Waals surface area contributed by atoms with Gasteiger partial charge in [-0.1, -0.05) is 42.0 Å². The summed E-state index contributed by atoms with van der Waals surface area (Å²) >= 11 is 6.40. The van der Waals surface area contributed by atoms with Crippen LogP contribution in [0.5, 0.6) is 0 Å². The van der Waals surface area contributed by atoms with Crippen molar-refractivity contribution < 1.29 is 29.0 Å². The van der Waals surface area contributed by atoms with Crippen molar-refractivity contribution in [2.24, 2.45) is 11.8 Å². The van der Waals surface area contributed by atoms with Gasteiger partial charge in [0.15, 0.2) is 0 Å². The summed E-state index contributed by atoms with van der Waals surface area (Å²) in [6.07, 6.45) is 6.95. The molecule has 1 aromatic carbocycles. The van der Waals surface area contributed by atoms with Gasteiger partial charge >= 0.3 is 5.97 Å². The van der Waals surface area contributed by atoms with Crippen LogP contribution in [-0.4, -0.2) is 70.8 Å². The predicted octanol–water partition coefficient (Wildman–Crippen LogP) is 1.71. The van der Waals surface area contributed by atoms with Crippen LogP contribution in [0.15, 0.2) is 48.6 Å². The molecule has 6 atom stereocenters. The number of likely N-dealkylation sites (tertiary alicyclic amines) is 1. The van der Waals surface area contributed by atoms with Crippen LogP contribution >= 0.6 is 11.6 Å². The van der Waals surface area contributed by atoms with E-state index in [0.717, 1.165) is 0 Å². The first-order chi connectivity index (χ1) is 15.7. The Labute approximate surface area is 196 Å². The van der Waals surface area contributed by atoms with E-state index in [1.807, 2.05) is 0 Å². The number of aliphatic hydroxyl groups is 1. The van der Waals surface area contributed by atoms with Gasteiger partial charge in [0.1, 0.15) is 24.2 Å². The number of benzene rings is 1. The number of cyclic esters (lactones) is 1. The average Bonchev–Trinajstić information content (AvgIpc) is 3.05. The maximum Gasteiger partial charge on any atom is 0.313 e. The van der Waals surface area contributed by atoms with E-state index < -0.39 is 47.0 Å². The SMILES string of the molecule is C[C@H](CO)N1C(=O)[C@@H]2[C@H]3C(=O)OCC=C[C@@]3(C)O[C@@]23C=CCN(c2ccccc2Cl)C(=O)C13. The van der Waals surface area contributed by atoms with Gasteiger partial charge in [0.25, 0.3) is 5.91 Å². The Morgan fingerprint density at radius 3 is 2.64 bits per heavy atom. The number of para-hydroxylation sites is 1. The number of carbonyl (C=O) groups is 3. The van der Waals surface area contributed by atoms with Crippen LogP contribution < -0.4 is 4.90 Å². The topological polar surface area (TPSA) is 96.4 Å². The summed E-state index contributed by atoms with van der Waals surface area (Å²) in [7, 11) is 0. The smallest absolute Gasteiger partial charge is 0.313 e. The highest BCUT2D eigenvalue weighted by Gasteiger charge is 2.75. The van der Waals surface area contributed by atoms with Crippen molar-refractivity contribution >= 4 is 35.1 Å². The Bertz CT molecular complexity index is 1090. The lowest BCUT2D eigenvalue weighted by molar-refractivity contribution is -0.157. The number of anilines is 1. The predicted molar refractivity (Wildman–Crippen MR) is 119 cm³/mol. The van der Waals surface area contributed by atoms with E-state index in [-0.39, 0.29) is 25.7 Å². The molecule has 5 rings (SSSR count). The summed E-state index contributed by atoms with van der Waals surface area (Å²) in [5.74, 6) is -3.24. The Morgan fingerprint density at radius 1 is 1.15 bits per heavy atom. The molecule has 0 aliphatic carbocycles. The summed E-state index contributed by atoms with van der Waals surface area (Å²) in [6.45, 7) is 3.37. The molecular weight excluding hydrogens is 448 g/mol. The molecule has 9 heteroatoms. The van der Waals surface area contributed by atoms with E-state index in [4.69, 9.17) is 21.1 Å². The zero-order valence-corrected chi connectivity index (χ0v) is 19.1. The van der Waals surface area contributed by atoms with Crippen molar-refractivity contribution in [1.29, 1.82) is 0 Å². The maximum absolute atomic E-state index is 14.1. The lowest BCUT2D eigenvalue weighted by Crippen LogP contribution is -2.58. The molecule has 0 saturated carbocycles. The summed E-state index contributed by atoms with van der Waals surface area (Å²) < 4.78 is 11.9. The highest BCUT2D eigenvalue weighted by molar-refractivity contribution is 6.34. The van der Waals surface area contributed by atoms with Crippen molar-refractivity contribution in [2.75, 3.05) is 24.7 Å². The van der Waals surface area contributed by atoms with Crippen LogP contribution in [0.25, 0.3) is 0 Å². The number of amides is 2. The molecule has 33 heavy (non-hydrogen) atoms. The molecule has 4 heterocycles. The second-order valence-electron chi connectivity index (χ2n) is 9.11. The fourth-order valence-electron chi connectivity index (χ4n) is 5.74. The summed E-state index contributed by atoms with van der Waals surface area (Å²) in [4.78, 5) is 43.8. The van der Waals surface area contributed by atoms with Crippen LogP contribution in [-0.2, 0) is 23.9 Å². The summed E-state index contributed by atoms with van der Waals surface area (Å²) in [5.41, 5.74) is -2.00. The van der Waals surface area contributed by atoms with Gasteiger partial charge in [-0.2, -0.15) is 0 Å². The van der Waals surface area contributed by atoms with E-state index in [1.165, 1.54) is 9.80 Å². The van der Waals surface area contributed by atoms with Crippen LogP contribution in [0.2, 0.25) is 5.02 Å². The number of hydrogen-bond acceptors (Lipinski definition) is 6. The average molecular weight is 473 g/mol. The minimum absolute atomic E-state index is 0.0947. The number of esters is 1. The van der Waals surface area contributed by atoms with Gasteiger partial charge in [0, 0.05) is 6.54 Å². The number of nitrogens with zero attached hydrogens (tertiary/aromatic N) is 2. The van der Waals surface area contributed by atoms with Gasteiger partial charge in [-0.25, -0.2) is 0 Å². The molecule has 1 unspecified atom stereocenters. The molecule has 1 N–H and O–H groups in total. The minimum atomic E-state index is -1.40. The number of halogens is 1. The van der Waals surface area contributed by atoms with E-state index >= 15 is 0 Å². The molecule has 0 bridgehead atoms. The molecule has 1 spiro atoms. The highest BCUT2D eigenvalue weighted by atomic mass is 35.5. The zero-order chi connectivity index (χ0) is 23.5. The third-order valence-corrected chi connectivity index (χ3v) is 7.45. The maximum atomic E-state index is 14.1. The summed E-state index contributed by atoms with van der Waals surface area (Å²) in [6, 6.07) is 5.23. The van der Waals surface area contributed by atoms with Gasteiger partial charge in [0.05, 0.1) is 34.9 Å². The van der Waals surface area contributed by atoms with Crippen LogP contribution in [0.3, 0.4) is 0 Å². The Hall–Kier alpha value is -2.68. The number of carbonyl (C=O) groups excluding carboxylic acids is 3. The summed E-state index contributed by atoms with van der Waals surface area (Å²) in [5, 5.41) is 10.3. The van der Waals surface area contributed by atoms with Gasteiger partial charge in [-0.3, -0.25) is 14.4 Å². The molecule has 1 aromatic rings. The van der Waals surface area contributed by atoms with Gasteiger partial charge in [0.2, 0.25) is 5.91 Å². The fourth-order valence-corrected chi connectivity index (χ4v) is 5.98. The molecular formula is C24H25ClN2O6. The van der Waals surface area contributed by atoms with Crippen LogP contribution in [0.1, 0.15) is 13.8 Å². The quantitative estimate of drug-likeness (QED) is 0.531. The van der Waals surface area contributed by atoms with Crippen molar-refractivity contribution in [2.45, 2.75) is 37.1 Å². The molecule has 2 amide bonds. The second kappa shape index (κ2) is 7.68. The Balaban J connectivity index is 1.69. The van der Waals surface area contributed by atoms with Gasteiger partial charge < -0.3 is 24.4 Å². The zero-order valence-electron chi connectivity index (χ0n) is 18.3. The number of fused-ring (bicyclic) bond motifs is 2. The first-order valence-electron chi connectivity index (χ1n) is 11.0. The van der Waals surface area contributed by atoms with Crippen LogP contribution in [0.4, 0.5) is 5.69 Å². The second-order valence-corrected chi connectivity index (χ2v) is 9.52. The first-order valence-corrected chi connectivity index (χ1v) is 11.3. The molecule has 4 aliphatic rings. The van der Waals surface area contributed by atoms with E-state index in [0.29, 0.717) is 10.7 Å². The van der Waals surface area contributed by atoms with Crippen molar-refractivity contribution in [3.8, 4) is 0 Å². The third-order valence-electron chi connectivity index (χ3n) is 7.13. The normalized spacial score (nSPS) is 36.1. The number of hydrogen-bond donors (Lipinski definition) is 1. The van der Waals surface area contributed by atoms with E-state index in [2.05, 4.69) is 0 Å². The molecule has 4 aliphatic heterocycles. The number of ether oxygens (including phenoxy) is 2. The Kier molecular flexibility index (Phi) is 5.15. The van der Waals surface area contributed by atoms with Gasteiger partial charge in [-0.05, 0) is 32.1 Å². The fraction of sp³-hybridized carbons (Fsp3) is 0.458. The lowest BCUT2D eigenvalue weighted by atomic mass is 9.75. The standard InChI is InChI=1S/C24H25ClN2O6/c1-14(13-28)27-19-21(30)26(16-8-4-3-7-15(16)25)11-5-10-24(19)17(20(27)29)18-22(31)32-12-6-9-23(18,2)33-24/h3-10,14,17-19,28H,11-13H2,1-2H3/t14-,17+,18+,19?,23-,24+/m1/s1. The van der Waals surface area contributed by atoms with Crippen molar-refractivity contribution in [3.05, 3.63) is 53.6 Å². The van der Waals surface area contributed by atoms with Gasteiger partial charge in [-0.15, -0.1) is 0 Å². The highest BCUT2D eigenvalue weighted by Crippen LogP contribution is 2.57. The Morgan fingerprint density at radius 2 is 1.91 bits per heavy atom. The molecule has 0 radical (unpaired) electrons. The molecule has 8 nitrogen and oxygen atoms in total. The monoisotopic (exact) mass is 472 g/mol. The first kappa shape index (κ1) is 22.1. The van der Waals surface area contributed by atoms with Crippen molar-refractivity contribution in [3.63, 3.8) is 0 Å². The van der Waals surface area contributed by atoms with E-state index in [1.54, 1.807) is 62.4 Å². The third kappa shape index (κ3) is 3.01. The molecule has 2 saturated heterocycles.